The smallest absolute Gasteiger partial charge is 0.280 e. The van der Waals surface area contributed by atoms with Crippen LogP contribution in [0.4, 0.5) is 0 Å². The van der Waals surface area contributed by atoms with Gasteiger partial charge in [-0.05, 0) is 31.3 Å². The maximum absolute atomic E-state index is 12.4. The average Bonchev–Trinajstić information content (AvgIpc) is 2.79. The summed E-state index contributed by atoms with van der Waals surface area (Å²) in [6.07, 6.45) is 1.51. The van der Waals surface area contributed by atoms with Crippen LogP contribution in [0.1, 0.15) is 11.3 Å². The van der Waals surface area contributed by atoms with Crippen molar-refractivity contribution in [2.75, 3.05) is 14.1 Å². The van der Waals surface area contributed by atoms with Gasteiger partial charge in [-0.3, -0.25) is 9.89 Å². The van der Waals surface area contributed by atoms with Crippen LogP contribution in [-0.2, 0) is 0 Å². The highest BCUT2D eigenvalue weighted by Crippen LogP contribution is 2.05. The maximum atomic E-state index is 12.4. The van der Waals surface area contributed by atoms with Gasteiger partial charge in [-0.25, -0.2) is 9.69 Å². The molecule has 0 atom stereocenters. The Hall–Kier alpha value is -2.41. The second kappa shape index (κ2) is 6.36. The van der Waals surface area contributed by atoms with Crippen LogP contribution in [0.5, 0.6) is 0 Å². The zero-order chi connectivity index (χ0) is 15.4. The highest BCUT2D eigenvalue weighted by atomic mass is 32.1. The Morgan fingerprint density at radius 3 is 2.71 bits per heavy atom. The first-order valence-electron chi connectivity index (χ1n) is 6.41. The Morgan fingerprint density at radius 1 is 1.43 bits per heavy atom. The van der Waals surface area contributed by atoms with Crippen molar-refractivity contribution in [2.45, 2.75) is 6.92 Å². The van der Waals surface area contributed by atoms with E-state index in [-0.39, 0.29) is 5.56 Å². The quantitative estimate of drug-likeness (QED) is 0.509. The van der Waals surface area contributed by atoms with E-state index < -0.39 is 0 Å². The van der Waals surface area contributed by atoms with Crippen molar-refractivity contribution in [3.05, 3.63) is 51.9 Å². The van der Waals surface area contributed by atoms with Crippen molar-refractivity contribution in [1.82, 2.24) is 20.1 Å². The van der Waals surface area contributed by atoms with Crippen LogP contribution in [0, 0.1) is 6.92 Å². The molecule has 0 unspecified atom stereocenters. The number of aromatic nitrogens is 2. The summed E-state index contributed by atoms with van der Waals surface area (Å²) in [7, 11) is 3.44. The third-order valence-electron chi connectivity index (χ3n) is 3.00. The number of hydrogen-bond acceptors (Lipinski definition) is 3. The molecule has 1 aromatic heterocycles. The average molecular weight is 303 g/mol. The number of aryl methyl sites for hydroxylation is 1. The first-order valence-corrected chi connectivity index (χ1v) is 6.82. The number of aromatic amines is 1. The fourth-order valence-electron chi connectivity index (χ4n) is 1.83. The fourth-order valence-corrected chi connectivity index (χ4v) is 1.88. The zero-order valence-electron chi connectivity index (χ0n) is 12.1. The number of benzene rings is 1. The molecular formula is C14H17N5OS. The first-order chi connectivity index (χ1) is 10.0. The standard InChI is InChI=1S/C14H17N5OS/c1-10-12(9-16-18(3)14(21)15-2)13(20)19(17-10)11-7-5-4-6-8-11/h4-9,17H,1-3H3,(H,15,21)/b16-9-. The largest absolute Gasteiger partial charge is 0.364 e. The molecule has 0 aliphatic rings. The summed E-state index contributed by atoms with van der Waals surface area (Å²) in [6.45, 7) is 1.83. The summed E-state index contributed by atoms with van der Waals surface area (Å²) in [5.41, 5.74) is 1.89. The Bertz CT molecular complexity index is 717. The number of para-hydroxylation sites is 1. The molecule has 2 N–H and O–H groups in total. The van der Waals surface area contributed by atoms with E-state index in [1.54, 1.807) is 14.1 Å². The van der Waals surface area contributed by atoms with Gasteiger partial charge in [0.15, 0.2) is 5.11 Å². The molecule has 0 aliphatic heterocycles. The number of nitrogens with zero attached hydrogens (tertiary/aromatic N) is 3. The Kier molecular flexibility index (Phi) is 4.54. The SMILES string of the molecule is CNC(=S)N(C)/N=C\c1c(C)[nH]n(-c2ccccc2)c1=O. The molecule has 21 heavy (non-hydrogen) atoms. The minimum Gasteiger partial charge on any atom is -0.364 e. The molecule has 7 heteroatoms. The number of thiocarbonyl (C=S) groups is 1. The molecule has 0 bridgehead atoms. The van der Waals surface area contributed by atoms with E-state index in [9.17, 15) is 4.79 Å². The molecule has 1 heterocycles. The van der Waals surface area contributed by atoms with Crippen molar-refractivity contribution in [3.8, 4) is 5.69 Å². The maximum Gasteiger partial charge on any atom is 0.280 e. The van der Waals surface area contributed by atoms with Crippen LogP contribution in [0.25, 0.3) is 5.69 Å². The molecule has 2 rings (SSSR count). The van der Waals surface area contributed by atoms with Gasteiger partial charge in [0.05, 0.1) is 17.5 Å². The van der Waals surface area contributed by atoms with Crippen molar-refractivity contribution in [2.24, 2.45) is 5.10 Å². The zero-order valence-corrected chi connectivity index (χ0v) is 12.9. The van der Waals surface area contributed by atoms with Gasteiger partial charge in [0.25, 0.3) is 5.56 Å². The lowest BCUT2D eigenvalue weighted by atomic mass is 10.3. The van der Waals surface area contributed by atoms with Crippen molar-refractivity contribution in [1.29, 1.82) is 0 Å². The highest BCUT2D eigenvalue weighted by molar-refractivity contribution is 7.80. The van der Waals surface area contributed by atoms with Gasteiger partial charge in [-0.15, -0.1) is 0 Å². The molecule has 0 saturated carbocycles. The first kappa shape index (κ1) is 15.0. The Labute approximate surface area is 128 Å². The predicted molar refractivity (Wildman–Crippen MR) is 88.1 cm³/mol. The van der Waals surface area contributed by atoms with E-state index in [1.807, 2.05) is 37.3 Å². The van der Waals surface area contributed by atoms with Crippen LogP contribution in [0.15, 0.2) is 40.2 Å². The van der Waals surface area contributed by atoms with Crippen LogP contribution >= 0.6 is 12.2 Å². The molecule has 2 aromatic rings. The monoisotopic (exact) mass is 303 g/mol. The molecule has 0 aliphatic carbocycles. The minimum absolute atomic E-state index is 0.147. The molecule has 1 aromatic carbocycles. The summed E-state index contributed by atoms with van der Waals surface area (Å²) < 4.78 is 1.49. The van der Waals surface area contributed by atoms with Crippen LogP contribution < -0.4 is 10.9 Å². The summed E-state index contributed by atoms with van der Waals surface area (Å²) in [4.78, 5) is 12.4. The topological polar surface area (TPSA) is 65.4 Å². The van der Waals surface area contributed by atoms with E-state index in [1.165, 1.54) is 15.9 Å². The van der Waals surface area contributed by atoms with Gasteiger partial charge in [0.1, 0.15) is 0 Å². The normalized spacial score (nSPS) is 10.8. The van der Waals surface area contributed by atoms with Gasteiger partial charge in [-0.1, -0.05) is 18.2 Å². The van der Waals surface area contributed by atoms with Crippen LogP contribution in [0.3, 0.4) is 0 Å². The van der Waals surface area contributed by atoms with E-state index in [0.29, 0.717) is 10.7 Å². The lowest BCUT2D eigenvalue weighted by Crippen LogP contribution is -2.31. The van der Waals surface area contributed by atoms with Gasteiger partial charge in [0, 0.05) is 19.8 Å². The number of H-pyrrole nitrogens is 1. The number of hydrazone groups is 1. The summed E-state index contributed by atoms with van der Waals surface area (Å²) >= 11 is 5.05. The van der Waals surface area contributed by atoms with Crippen molar-refractivity contribution in [3.63, 3.8) is 0 Å². The van der Waals surface area contributed by atoms with E-state index in [0.717, 1.165) is 11.4 Å². The van der Waals surface area contributed by atoms with E-state index in [4.69, 9.17) is 12.2 Å². The lowest BCUT2D eigenvalue weighted by molar-refractivity contribution is 0.540. The Morgan fingerprint density at radius 2 is 2.10 bits per heavy atom. The molecule has 0 fully saturated rings. The van der Waals surface area contributed by atoms with Crippen LogP contribution in [0.2, 0.25) is 0 Å². The van der Waals surface area contributed by atoms with E-state index >= 15 is 0 Å². The summed E-state index contributed by atoms with van der Waals surface area (Å²) in [6, 6.07) is 9.39. The van der Waals surface area contributed by atoms with Crippen molar-refractivity contribution >= 4 is 23.5 Å². The molecule has 6 nitrogen and oxygen atoms in total. The summed E-state index contributed by atoms with van der Waals surface area (Å²) in [5.74, 6) is 0. The van der Waals surface area contributed by atoms with E-state index in [2.05, 4.69) is 15.5 Å². The second-order valence-corrected chi connectivity index (χ2v) is 4.84. The van der Waals surface area contributed by atoms with Crippen LogP contribution in [-0.4, -0.2) is 40.2 Å². The Balaban J connectivity index is 2.35. The number of nitrogens with one attached hydrogen (secondary N) is 2. The molecule has 0 saturated heterocycles. The predicted octanol–water partition coefficient (Wildman–Crippen LogP) is 1.24. The third-order valence-corrected chi connectivity index (χ3v) is 3.47. The number of hydrogen-bond donors (Lipinski definition) is 2. The van der Waals surface area contributed by atoms with Gasteiger partial charge >= 0.3 is 0 Å². The van der Waals surface area contributed by atoms with Crippen molar-refractivity contribution < 1.29 is 0 Å². The highest BCUT2D eigenvalue weighted by Gasteiger charge is 2.10. The molecule has 0 spiro atoms. The molecular weight excluding hydrogens is 286 g/mol. The minimum atomic E-state index is -0.147. The second-order valence-electron chi connectivity index (χ2n) is 4.45. The van der Waals surface area contributed by atoms with Gasteiger partial charge in [-0.2, -0.15) is 5.10 Å². The number of rotatable bonds is 3. The molecule has 110 valence electrons. The fraction of sp³-hybridized carbons (Fsp3) is 0.214. The molecule has 0 radical (unpaired) electrons. The molecule has 0 amide bonds. The third kappa shape index (κ3) is 3.19. The van der Waals surface area contributed by atoms with Gasteiger partial charge < -0.3 is 5.32 Å². The summed E-state index contributed by atoms with van der Waals surface area (Å²) in [5, 5.41) is 12.0. The van der Waals surface area contributed by atoms with Gasteiger partial charge in [0.2, 0.25) is 0 Å². The lowest BCUT2D eigenvalue weighted by Gasteiger charge is -2.12.